The van der Waals surface area contributed by atoms with Crippen LogP contribution in [0.25, 0.3) is 0 Å². The van der Waals surface area contributed by atoms with E-state index in [1.807, 2.05) is 0 Å². The van der Waals surface area contributed by atoms with Crippen LogP contribution in [0.3, 0.4) is 0 Å². The lowest BCUT2D eigenvalue weighted by Crippen LogP contribution is -2.07. The Labute approximate surface area is 92.7 Å². The van der Waals surface area contributed by atoms with Crippen LogP contribution < -0.4 is 0 Å². The van der Waals surface area contributed by atoms with E-state index in [0.717, 1.165) is 0 Å². The third kappa shape index (κ3) is 3.51. The minimum absolute atomic E-state index is 0.0539. The van der Waals surface area contributed by atoms with Crippen LogP contribution in [0.5, 0.6) is 0 Å². The molecule has 0 amide bonds. The molecule has 1 unspecified atom stereocenters. The van der Waals surface area contributed by atoms with E-state index in [9.17, 15) is 9.18 Å². The molecule has 1 aromatic carbocycles. The van der Waals surface area contributed by atoms with E-state index in [1.165, 1.54) is 6.07 Å². The van der Waals surface area contributed by atoms with Gasteiger partial charge in [-0.2, -0.15) is 0 Å². The number of rotatable bonds is 4. The molecule has 4 heteroatoms. The molecular weight excluding hydrogens is 219 g/mol. The molecular formula is C11H12ClFO2. The van der Waals surface area contributed by atoms with Crippen LogP contribution in [0.2, 0.25) is 5.02 Å². The molecule has 82 valence electrons. The Balaban J connectivity index is 2.72. The second-order valence-corrected chi connectivity index (χ2v) is 4.00. The lowest BCUT2D eigenvalue weighted by atomic mass is 9.98. The van der Waals surface area contributed by atoms with Gasteiger partial charge in [0.05, 0.1) is 5.02 Å². The third-order valence-electron chi connectivity index (χ3n) is 2.12. The van der Waals surface area contributed by atoms with E-state index >= 15 is 0 Å². The smallest absolute Gasteiger partial charge is 0.303 e. The highest BCUT2D eigenvalue weighted by atomic mass is 35.5. The Bertz CT molecular complexity index is 366. The van der Waals surface area contributed by atoms with Gasteiger partial charge in [0.15, 0.2) is 0 Å². The topological polar surface area (TPSA) is 37.3 Å². The fourth-order valence-corrected chi connectivity index (χ4v) is 1.65. The maximum Gasteiger partial charge on any atom is 0.303 e. The van der Waals surface area contributed by atoms with Gasteiger partial charge in [0.2, 0.25) is 0 Å². The summed E-state index contributed by atoms with van der Waals surface area (Å²) in [4.78, 5) is 10.4. The first-order valence-corrected chi connectivity index (χ1v) is 5.03. The van der Waals surface area contributed by atoms with E-state index in [0.29, 0.717) is 12.0 Å². The molecule has 0 aromatic heterocycles. The van der Waals surface area contributed by atoms with E-state index in [2.05, 4.69) is 0 Å². The number of hydrogen-bond donors (Lipinski definition) is 1. The summed E-state index contributed by atoms with van der Waals surface area (Å²) >= 11 is 5.75. The van der Waals surface area contributed by atoms with Crippen LogP contribution in [0, 0.1) is 11.7 Å². The number of hydrogen-bond acceptors (Lipinski definition) is 1. The van der Waals surface area contributed by atoms with E-state index in [4.69, 9.17) is 16.7 Å². The Kier molecular flexibility index (Phi) is 4.09. The Morgan fingerprint density at radius 2 is 2.27 bits per heavy atom. The van der Waals surface area contributed by atoms with E-state index in [1.54, 1.807) is 19.1 Å². The molecule has 0 aliphatic heterocycles. The quantitative estimate of drug-likeness (QED) is 0.863. The van der Waals surface area contributed by atoms with E-state index < -0.39 is 11.8 Å². The molecule has 1 atom stereocenters. The third-order valence-corrected chi connectivity index (χ3v) is 2.55. The fraction of sp³-hybridized carbons (Fsp3) is 0.364. The molecule has 0 heterocycles. The maximum atomic E-state index is 13.0. The number of aliphatic carboxylic acids is 1. The average Bonchev–Trinajstić information content (AvgIpc) is 2.11. The average molecular weight is 231 g/mol. The van der Waals surface area contributed by atoms with Crippen LogP contribution in [0.1, 0.15) is 18.9 Å². The van der Waals surface area contributed by atoms with Gasteiger partial charge in [-0.25, -0.2) is 4.39 Å². The van der Waals surface area contributed by atoms with Gasteiger partial charge >= 0.3 is 5.97 Å². The lowest BCUT2D eigenvalue weighted by molar-refractivity contribution is -0.137. The summed E-state index contributed by atoms with van der Waals surface area (Å²) in [6.07, 6.45) is 0.537. The number of benzene rings is 1. The first kappa shape index (κ1) is 12.0. The summed E-state index contributed by atoms with van der Waals surface area (Å²) in [5.41, 5.74) is 0.658. The molecule has 1 rings (SSSR count). The van der Waals surface area contributed by atoms with Gasteiger partial charge in [0.25, 0.3) is 0 Å². The van der Waals surface area contributed by atoms with Crippen molar-refractivity contribution in [2.75, 3.05) is 0 Å². The van der Waals surface area contributed by atoms with Crippen molar-refractivity contribution in [3.63, 3.8) is 0 Å². The maximum absolute atomic E-state index is 13.0. The number of carboxylic acids is 1. The lowest BCUT2D eigenvalue weighted by Gasteiger charge is -2.10. The zero-order valence-electron chi connectivity index (χ0n) is 8.34. The second-order valence-electron chi connectivity index (χ2n) is 3.62. The zero-order chi connectivity index (χ0) is 11.4. The SMILES string of the molecule is CC(CC(=O)O)Cc1cccc(F)c1Cl. The molecule has 0 bridgehead atoms. The highest BCUT2D eigenvalue weighted by molar-refractivity contribution is 6.31. The van der Waals surface area contributed by atoms with Crippen molar-refractivity contribution < 1.29 is 14.3 Å². The molecule has 1 aromatic rings. The number of carboxylic acid groups (broad SMARTS) is 1. The predicted octanol–water partition coefficient (Wildman–Crippen LogP) is 3.13. The second kappa shape index (κ2) is 5.12. The Hall–Kier alpha value is -1.09. The van der Waals surface area contributed by atoms with Crippen molar-refractivity contribution in [2.45, 2.75) is 19.8 Å². The predicted molar refractivity (Wildman–Crippen MR) is 56.5 cm³/mol. The van der Waals surface area contributed by atoms with Gasteiger partial charge in [0, 0.05) is 6.42 Å². The monoisotopic (exact) mass is 230 g/mol. The summed E-state index contributed by atoms with van der Waals surface area (Å²) in [5.74, 6) is -1.37. The van der Waals surface area contributed by atoms with Crippen LogP contribution in [-0.2, 0) is 11.2 Å². The zero-order valence-corrected chi connectivity index (χ0v) is 9.09. The molecule has 0 radical (unpaired) electrons. The summed E-state index contributed by atoms with van der Waals surface area (Å²) in [7, 11) is 0. The molecule has 0 fully saturated rings. The van der Waals surface area contributed by atoms with Crippen LogP contribution >= 0.6 is 11.6 Å². The van der Waals surface area contributed by atoms with Crippen molar-refractivity contribution in [3.05, 3.63) is 34.6 Å². The van der Waals surface area contributed by atoms with Gasteiger partial charge < -0.3 is 5.11 Å². The van der Waals surface area contributed by atoms with Gasteiger partial charge in [-0.05, 0) is 24.0 Å². The first-order chi connectivity index (χ1) is 7.00. The molecule has 0 saturated carbocycles. The number of halogens is 2. The highest BCUT2D eigenvalue weighted by Gasteiger charge is 2.12. The summed E-state index contributed by atoms with van der Waals surface area (Å²) in [5, 5.41) is 8.67. The summed E-state index contributed by atoms with van der Waals surface area (Å²) in [6, 6.07) is 4.57. The molecule has 0 aliphatic carbocycles. The summed E-state index contributed by atoms with van der Waals surface area (Å²) in [6.45, 7) is 1.80. The van der Waals surface area contributed by atoms with Crippen molar-refractivity contribution in [3.8, 4) is 0 Å². The number of carbonyl (C=O) groups is 1. The van der Waals surface area contributed by atoms with Crippen molar-refractivity contribution in [1.29, 1.82) is 0 Å². The first-order valence-electron chi connectivity index (χ1n) is 4.65. The molecule has 1 N–H and O–H groups in total. The Morgan fingerprint density at radius 1 is 1.60 bits per heavy atom. The van der Waals surface area contributed by atoms with Crippen LogP contribution in [-0.4, -0.2) is 11.1 Å². The van der Waals surface area contributed by atoms with Crippen molar-refractivity contribution in [2.24, 2.45) is 5.92 Å². The van der Waals surface area contributed by atoms with Gasteiger partial charge in [0.1, 0.15) is 5.82 Å². The highest BCUT2D eigenvalue weighted by Crippen LogP contribution is 2.23. The molecule has 15 heavy (non-hydrogen) atoms. The van der Waals surface area contributed by atoms with Gasteiger partial charge in [-0.1, -0.05) is 30.7 Å². The molecule has 2 nitrogen and oxygen atoms in total. The van der Waals surface area contributed by atoms with Crippen LogP contribution in [0.15, 0.2) is 18.2 Å². The summed E-state index contributed by atoms with van der Waals surface area (Å²) < 4.78 is 13.0. The molecule has 0 spiro atoms. The molecule has 0 saturated heterocycles. The van der Waals surface area contributed by atoms with Crippen molar-refractivity contribution in [1.82, 2.24) is 0 Å². The van der Waals surface area contributed by atoms with E-state index in [-0.39, 0.29) is 17.4 Å². The standard InChI is InChI=1S/C11H12ClFO2/c1-7(6-10(14)15)5-8-3-2-4-9(13)11(8)12/h2-4,7H,5-6H2,1H3,(H,14,15). The normalized spacial score (nSPS) is 12.5. The minimum atomic E-state index is -0.852. The molecule has 0 aliphatic rings. The Morgan fingerprint density at radius 3 is 2.87 bits per heavy atom. The largest absolute Gasteiger partial charge is 0.481 e. The fourth-order valence-electron chi connectivity index (χ4n) is 1.45. The van der Waals surface area contributed by atoms with Crippen LogP contribution in [0.4, 0.5) is 4.39 Å². The van der Waals surface area contributed by atoms with Gasteiger partial charge in [-0.3, -0.25) is 4.79 Å². The van der Waals surface area contributed by atoms with Gasteiger partial charge in [-0.15, -0.1) is 0 Å². The minimum Gasteiger partial charge on any atom is -0.481 e. The van der Waals surface area contributed by atoms with Crippen molar-refractivity contribution >= 4 is 17.6 Å².